The predicted octanol–water partition coefficient (Wildman–Crippen LogP) is 4.15. The second-order valence-electron chi connectivity index (χ2n) is 5.56. The lowest BCUT2D eigenvalue weighted by Crippen LogP contribution is -2.39. The van der Waals surface area contributed by atoms with E-state index < -0.39 is 18.7 Å². The van der Waals surface area contributed by atoms with E-state index >= 15 is 0 Å². The van der Waals surface area contributed by atoms with Crippen LogP contribution in [0.2, 0.25) is 0 Å². The van der Waals surface area contributed by atoms with Crippen LogP contribution in [0.3, 0.4) is 0 Å². The summed E-state index contributed by atoms with van der Waals surface area (Å²) in [5.74, 6) is -0.0518. The van der Waals surface area contributed by atoms with Crippen molar-refractivity contribution >= 4 is 13.5 Å². The molecule has 0 aliphatic heterocycles. The van der Waals surface area contributed by atoms with E-state index in [1.807, 2.05) is 37.3 Å². The third-order valence-corrected chi connectivity index (χ3v) is 7.51. The first kappa shape index (κ1) is 17.8. The Morgan fingerprint density at radius 2 is 2.13 bits per heavy atom. The predicted molar refractivity (Wildman–Crippen MR) is 90.6 cm³/mol. The summed E-state index contributed by atoms with van der Waals surface area (Å²) < 4.78 is 23.9. The molecule has 6 heteroatoms. The molecule has 1 unspecified atom stereocenters. The van der Waals surface area contributed by atoms with Gasteiger partial charge in [-0.25, -0.2) is 4.79 Å². The van der Waals surface area contributed by atoms with Gasteiger partial charge < -0.3 is 14.6 Å². The van der Waals surface area contributed by atoms with Crippen molar-refractivity contribution in [3.05, 3.63) is 48.6 Å². The molecule has 5 nitrogen and oxygen atoms in total. The van der Waals surface area contributed by atoms with Gasteiger partial charge in [0.25, 0.3) is 0 Å². The van der Waals surface area contributed by atoms with Crippen LogP contribution in [0.1, 0.15) is 25.8 Å². The lowest BCUT2D eigenvalue weighted by atomic mass is 10.2. The van der Waals surface area contributed by atoms with Crippen LogP contribution >= 0.6 is 7.37 Å². The van der Waals surface area contributed by atoms with Crippen LogP contribution in [0.25, 0.3) is 0 Å². The molecule has 1 amide bonds. The molecule has 1 N–H and O–H groups in total. The molecular weight excluding hydrogens is 313 g/mol. The highest BCUT2D eigenvalue weighted by atomic mass is 31.2. The van der Waals surface area contributed by atoms with Gasteiger partial charge in [0.2, 0.25) is 7.37 Å². The van der Waals surface area contributed by atoms with E-state index in [9.17, 15) is 9.36 Å². The van der Waals surface area contributed by atoms with Crippen LogP contribution < -0.4 is 5.32 Å². The average molecular weight is 337 g/mol. The van der Waals surface area contributed by atoms with Crippen molar-refractivity contribution in [3.8, 4) is 0 Å². The summed E-state index contributed by atoms with van der Waals surface area (Å²) in [4.78, 5) is 12.2. The Balaban J connectivity index is 2.04. The number of carbonyl (C=O) groups is 1. The number of amides is 1. The van der Waals surface area contributed by atoms with Crippen molar-refractivity contribution in [3.63, 3.8) is 0 Å². The summed E-state index contributed by atoms with van der Waals surface area (Å²) in [7, 11) is -3.00. The van der Waals surface area contributed by atoms with Gasteiger partial charge in [0.1, 0.15) is 11.9 Å². The molecule has 1 aromatic carbocycles. The van der Waals surface area contributed by atoms with Crippen molar-refractivity contribution < 1.29 is 18.6 Å². The van der Waals surface area contributed by atoms with Gasteiger partial charge in [0.05, 0.1) is 6.61 Å². The standard InChI is InChI=1S/C17H24NO4P/c1-4-15-12-17(15,23(20,6-3)22-5-2)18-16(19)21-13-14-10-8-7-9-11-14/h4,7-11,15H,1,5-6,12-13H2,2-3H3,(H,18,19)/t15-,17+,23?/m1/s1. The first-order chi connectivity index (χ1) is 11.0. The van der Waals surface area contributed by atoms with Crippen LogP contribution in [-0.4, -0.2) is 24.1 Å². The normalized spacial score (nSPS) is 25.2. The maximum absolute atomic E-state index is 13.1. The van der Waals surface area contributed by atoms with Gasteiger partial charge in [-0.15, -0.1) is 6.58 Å². The first-order valence-corrected chi connectivity index (χ1v) is 9.67. The Kier molecular flexibility index (Phi) is 5.66. The van der Waals surface area contributed by atoms with Crippen LogP contribution in [0, 0.1) is 5.92 Å². The monoisotopic (exact) mass is 337 g/mol. The quantitative estimate of drug-likeness (QED) is 0.572. The number of hydrogen-bond donors (Lipinski definition) is 1. The second-order valence-corrected chi connectivity index (χ2v) is 8.60. The number of ether oxygens (including phenoxy) is 1. The molecule has 1 fully saturated rings. The zero-order valence-electron chi connectivity index (χ0n) is 13.7. The molecule has 1 aliphatic rings. The summed E-state index contributed by atoms with van der Waals surface area (Å²) in [6, 6.07) is 9.42. The van der Waals surface area contributed by atoms with Crippen LogP contribution in [0.15, 0.2) is 43.0 Å². The van der Waals surface area contributed by atoms with E-state index in [0.717, 1.165) is 5.56 Å². The molecule has 0 aromatic heterocycles. The topological polar surface area (TPSA) is 64.6 Å². The number of alkyl carbamates (subject to hydrolysis) is 1. The third kappa shape index (κ3) is 3.67. The van der Waals surface area contributed by atoms with E-state index in [4.69, 9.17) is 9.26 Å². The lowest BCUT2D eigenvalue weighted by molar-refractivity contribution is 0.136. The van der Waals surface area contributed by atoms with E-state index in [2.05, 4.69) is 11.9 Å². The van der Waals surface area contributed by atoms with Gasteiger partial charge in [-0.3, -0.25) is 4.57 Å². The molecule has 0 radical (unpaired) electrons. The Morgan fingerprint density at radius 3 is 2.65 bits per heavy atom. The maximum Gasteiger partial charge on any atom is 0.408 e. The van der Waals surface area contributed by atoms with Gasteiger partial charge in [0.15, 0.2) is 0 Å². The minimum Gasteiger partial charge on any atom is -0.445 e. The fourth-order valence-corrected chi connectivity index (χ4v) is 5.55. The smallest absolute Gasteiger partial charge is 0.408 e. The zero-order chi connectivity index (χ0) is 16.9. The van der Waals surface area contributed by atoms with E-state index in [-0.39, 0.29) is 12.5 Å². The molecule has 3 atom stereocenters. The number of rotatable bonds is 8. The molecule has 0 saturated heterocycles. The summed E-state index contributed by atoms with van der Waals surface area (Å²) in [5.41, 5.74) is 0.899. The molecule has 1 saturated carbocycles. The highest BCUT2D eigenvalue weighted by Crippen LogP contribution is 2.71. The largest absolute Gasteiger partial charge is 0.445 e. The van der Waals surface area contributed by atoms with Crippen LogP contribution in [0.5, 0.6) is 0 Å². The fraction of sp³-hybridized carbons (Fsp3) is 0.471. The number of hydrogen-bond acceptors (Lipinski definition) is 4. The Morgan fingerprint density at radius 1 is 1.43 bits per heavy atom. The van der Waals surface area contributed by atoms with Crippen molar-refractivity contribution in [2.45, 2.75) is 32.2 Å². The van der Waals surface area contributed by atoms with Gasteiger partial charge in [-0.2, -0.15) is 0 Å². The molecule has 126 valence electrons. The molecule has 0 bridgehead atoms. The van der Waals surface area contributed by atoms with Gasteiger partial charge in [0, 0.05) is 12.1 Å². The van der Waals surface area contributed by atoms with E-state index in [1.165, 1.54) is 0 Å². The van der Waals surface area contributed by atoms with E-state index in [0.29, 0.717) is 19.2 Å². The number of carbonyl (C=O) groups excluding carboxylic acids is 1. The SMILES string of the molecule is C=C[C@@H]1C[C@]1(NC(=O)OCc1ccccc1)P(=O)(CC)OCC. The zero-order valence-corrected chi connectivity index (χ0v) is 14.6. The third-order valence-electron chi connectivity index (χ3n) is 4.16. The average Bonchev–Trinajstić information content (AvgIpc) is 3.29. The highest BCUT2D eigenvalue weighted by Gasteiger charge is 2.65. The van der Waals surface area contributed by atoms with Crippen LogP contribution in [0.4, 0.5) is 4.79 Å². The minimum absolute atomic E-state index is 0.0518. The molecule has 0 heterocycles. The molecule has 1 aromatic rings. The lowest BCUT2D eigenvalue weighted by Gasteiger charge is -2.27. The van der Waals surface area contributed by atoms with Gasteiger partial charge in [-0.1, -0.05) is 43.3 Å². The number of nitrogens with one attached hydrogen (secondary N) is 1. The summed E-state index contributed by atoms with van der Waals surface area (Å²) >= 11 is 0. The van der Waals surface area contributed by atoms with E-state index in [1.54, 1.807) is 13.0 Å². The fourth-order valence-electron chi connectivity index (χ4n) is 2.81. The molecule has 1 aliphatic carbocycles. The van der Waals surface area contributed by atoms with Crippen molar-refractivity contribution in [1.29, 1.82) is 0 Å². The Bertz CT molecular complexity index is 604. The molecule has 2 rings (SSSR count). The first-order valence-electron chi connectivity index (χ1n) is 7.86. The van der Waals surface area contributed by atoms with Gasteiger partial charge in [-0.05, 0) is 18.9 Å². The van der Waals surface area contributed by atoms with Gasteiger partial charge >= 0.3 is 6.09 Å². The molecule has 0 spiro atoms. The summed E-state index contributed by atoms with van der Waals surface area (Å²) in [6.07, 6.45) is 2.08. The molecular formula is C17H24NO4P. The Hall–Kier alpha value is -1.58. The van der Waals surface area contributed by atoms with Crippen molar-refractivity contribution in [1.82, 2.24) is 5.32 Å². The minimum atomic E-state index is -3.00. The summed E-state index contributed by atoms with van der Waals surface area (Å²) in [6.45, 7) is 7.89. The highest BCUT2D eigenvalue weighted by molar-refractivity contribution is 7.61. The second kappa shape index (κ2) is 7.33. The van der Waals surface area contributed by atoms with Crippen LogP contribution in [-0.2, 0) is 20.4 Å². The maximum atomic E-state index is 13.1. The Labute approximate surface area is 137 Å². The van der Waals surface area contributed by atoms with Crippen molar-refractivity contribution in [2.24, 2.45) is 5.92 Å². The summed E-state index contributed by atoms with van der Waals surface area (Å²) in [5, 5.41) is 1.93. The molecule has 23 heavy (non-hydrogen) atoms. The number of benzene rings is 1. The van der Waals surface area contributed by atoms with Crippen molar-refractivity contribution in [2.75, 3.05) is 12.8 Å².